The van der Waals surface area contributed by atoms with Crippen LogP contribution in [0.4, 0.5) is 0 Å². The van der Waals surface area contributed by atoms with Gasteiger partial charge in [0.05, 0.1) is 22.5 Å². The van der Waals surface area contributed by atoms with Crippen LogP contribution < -0.4 is 5.32 Å². The van der Waals surface area contributed by atoms with E-state index in [-0.39, 0.29) is 5.54 Å². The first-order valence-electron chi connectivity index (χ1n) is 14.1. The van der Waals surface area contributed by atoms with Crippen LogP contribution in [0.25, 0.3) is 0 Å². The van der Waals surface area contributed by atoms with E-state index in [1.807, 2.05) is 24.5 Å². The van der Waals surface area contributed by atoms with Crippen molar-refractivity contribution in [2.45, 2.75) is 43.3 Å². The number of nitrogens with one attached hydrogen (secondary N) is 1. The Morgan fingerprint density at radius 2 is 1.11 bits per heavy atom. The minimum Gasteiger partial charge on any atom is -0.314 e. The van der Waals surface area contributed by atoms with Crippen molar-refractivity contribution in [1.29, 1.82) is 0 Å². The van der Waals surface area contributed by atoms with Gasteiger partial charge in [0.15, 0.2) is 0 Å². The molecule has 1 aromatic carbocycles. The normalized spacial score (nSPS) is 23.0. The summed E-state index contributed by atoms with van der Waals surface area (Å²) in [7, 11) is 0. The number of hydrogen-bond acceptors (Lipinski definition) is 6. The molecule has 2 saturated heterocycles. The molecule has 2 aromatic heterocycles. The summed E-state index contributed by atoms with van der Waals surface area (Å²) in [5, 5.41) is 3.40. The molecule has 4 fully saturated rings. The Bertz CT molecular complexity index is 1100. The van der Waals surface area contributed by atoms with Crippen LogP contribution in [-0.4, -0.2) is 77.0 Å². The fraction of sp³-hybridized carbons (Fsp3) is 0.484. The van der Waals surface area contributed by atoms with Crippen molar-refractivity contribution in [3.8, 4) is 0 Å². The second kappa shape index (κ2) is 11.0. The van der Waals surface area contributed by atoms with Gasteiger partial charge in [-0.1, -0.05) is 42.5 Å². The van der Waals surface area contributed by atoms with Crippen molar-refractivity contribution in [2.24, 2.45) is 0 Å². The van der Waals surface area contributed by atoms with Gasteiger partial charge in [-0.15, -0.1) is 0 Å². The van der Waals surface area contributed by atoms with E-state index in [9.17, 15) is 0 Å². The second-order valence-electron chi connectivity index (χ2n) is 11.0. The molecule has 4 heterocycles. The first-order valence-corrected chi connectivity index (χ1v) is 14.1. The van der Waals surface area contributed by atoms with E-state index < -0.39 is 0 Å². The van der Waals surface area contributed by atoms with Gasteiger partial charge in [-0.05, 0) is 55.5 Å². The molecule has 6 heteroatoms. The van der Waals surface area contributed by atoms with Gasteiger partial charge in [-0.25, -0.2) is 0 Å². The van der Waals surface area contributed by atoms with Crippen LogP contribution in [0.5, 0.6) is 0 Å². The Labute approximate surface area is 221 Å². The fourth-order valence-electron chi connectivity index (χ4n) is 6.25. The van der Waals surface area contributed by atoms with Crippen molar-refractivity contribution < 1.29 is 0 Å². The summed E-state index contributed by atoms with van der Waals surface area (Å²) in [5.41, 5.74) is 4.50. The molecule has 194 valence electrons. The van der Waals surface area contributed by atoms with E-state index in [1.54, 1.807) is 0 Å². The number of hydrogen-bond donors (Lipinski definition) is 1. The number of benzene rings is 1. The summed E-state index contributed by atoms with van der Waals surface area (Å²) in [6.45, 7) is 10.3. The first-order chi connectivity index (χ1) is 18.3. The maximum absolute atomic E-state index is 4.62. The quantitative estimate of drug-likeness (QED) is 0.559. The van der Waals surface area contributed by atoms with E-state index in [4.69, 9.17) is 0 Å². The summed E-state index contributed by atoms with van der Waals surface area (Å²) in [5.74, 6) is 0. The van der Waals surface area contributed by atoms with E-state index in [2.05, 4.69) is 84.6 Å². The zero-order valence-corrected chi connectivity index (χ0v) is 21.9. The van der Waals surface area contributed by atoms with Gasteiger partial charge < -0.3 is 5.32 Å². The lowest BCUT2D eigenvalue weighted by Crippen LogP contribution is -2.50. The molecule has 3 aromatic rings. The molecule has 2 aliphatic heterocycles. The molecule has 0 atom stereocenters. The molecule has 0 bridgehead atoms. The van der Waals surface area contributed by atoms with Gasteiger partial charge in [-0.3, -0.25) is 24.7 Å². The monoisotopic (exact) mass is 496 g/mol. The second-order valence-corrected chi connectivity index (χ2v) is 11.0. The molecule has 0 unspecified atom stereocenters. The van der Waals surface area contributed by atoms with Crippen LogP contribution in [0.1, 0.15) is 42.6 Å². The van der Waals surface area contributed by atoms with E-state index in [0.717, 1.165) is 58.9 Å². The number of piperazine rings is 2. The largest absolute Gasteiger partial charge is 0.314 e. The predicted octanol–water partition coefficient (Wildman–Crippen LogP) is 3.86. The number of rotatable bonds is 6. The van der Waals surface area contributed by atoms with Crippen LogP contribution in [-0.2, 0) is 17.6 Å². The van der Waals surface area contributed by atoms with Crippen molar-refractivity contribution in [1.82, 2.24) is 30.0 Å². The van der Waals surface area contributed by atoms with Crippen molar-refractivity contribution in [3.63, 3.8) is 0 Å². The highest BCUT2D eigenvalue weighted by molar-refractivity contribution is 5.25. The number of pyridine rings is 2. The lowest BCUT2D eigenvalue weighted by molar-refractivity contribution is 0.0779. The molecular weight excluding hydrogens is 456 g/mol. The fourth-order valence-corrected chi connectivity index (χ4v) is 6.25. The zero-order chi connectivity index (χ0) is 25.0. The van der Waals surface area contributed by atoms with Crippen LogP contribution in [0.15, 0.2) is 79.1 Å². The summed E-state index contributed by atoms with van der Waals surface area (Å²) < 4.78 is 0. The SMILES string of the molecule is c1ccc(C2(N3CCNCC3)CC2)nc1.c1ccc(CN2CCN(C3(c4ccccn4)CC3)CC2)cc1. The number of nitrogens with zero attached hydrogens (tertiary/aromatic N) is 5. The molecule has 0 spiro atoms. The maximum atomic E-state index is 4.62. The Balaban J connectivity index is 0.000000146. The summed E-state index contributed by atoms with van der Waals surface area (Å²) >= 11 is 0. The Morgan fingerprint density at radius 1 is 0.595 bits per heavy atom. The van der Waals surface area contributed by atoms with Gasteiger partial charge in [0, 0.05) is 71.3 Å². The van der Waals surface area contributed by atoms with Crippen LogP contribution in [0, 0.1) is 0 Å². The van der Waals surface area contributed by atoms with Crippen LogP contribution in [0.2, 0.25) is 0 Å². The highest BCUT2D eigenvalue weighted by Gasteiger charge is 2.51. The van der Waals surface area contributed by atoms with Crippen LogP contribution in [0.3, 0.4) is 0 Å². The third-order valence-corrected chi connectivity index (χ3v) is 8.68. The Morgan fingerprint density at radius 3 is 1.59 bits per heavy atom. The molecular formula is C31H40N6. The minimum absolute atomic E-state index is 0.250. The average molecular weight is 497 g/mol. The molecule has 4 aliphatic rings. The van der Waals surface area contributed by atoms with Crippen LogP contribution >= 0.6 is 0 Å². The van der Waals surface area contributed by atoms with Gasteiger partial charge in [0.25, 0.3) is 0 Å². The lowest BCUT2D eigenvalue weighted by Gasteiger charge is -2.39. The van der Waals surface area contributed by atoms with Gasteiger partial charge in [0.2, 0.25) is 0 Å². The maximum Gasteiger partial charge on any atom is 0.0636 e. The predicted molar refractivity (Wildman–Crippen MR) is 148 cm³/mol. The molecule has 1 N–H and O–H groups in total. The molecule has 7 rings (SSSR count). The summed E-state index contributed by atoms with van der Waals surface area (Å²) in [6, 6.07) is 23.4. The summed E-state index contributed by atoms with van der Waals surface area (Å²) in [6.07, 6.45) is 8.94. The van der Waals surface area contributed by atoms with Crippen molar-refractivity contribution >= 4 is 0 Å². The van der Waals surface area contributed by atoms with Gasteiger partial charge in [-0.2, -0.15) is 0 Å². The third kappa shape index (κ3) is 5.48. The van der Waals surface area contributed by atoms with E-state index in [1.165, 1.54) is 42.6 Å². The highest BCUT2D eigenvalue weighted by atomic mass is 15.3. The standard InChI is InChI=1S/C19H23N3.C12H17N3/c1-2-6-17(7-3-1)16-21-12-14-22(15-13-21)19(9-10-19)18-8-4-5-11-20-18;1-2-6-14-11(3-1)12(4-5-12)15-9-7-13-8-10-15/h1-8,11H,9-10,12-16H2;1-3,6,13H,4-5,7-10H2. The molecule has 37 heavy (non-hydrogen) atoms. The third-order valence-electron chi connectivity index (χ3n) is 8.68. The lowest BCUT2D eigenvalue weighted by atomic mass is 10.1. The summed E-state index contributed by atoms with van der Waals surface area (Å²) in [4.78, 5) is 17.0. The topological polar surface area (TPSA) is 47.5 Å². The van der Waals surface area contributed by atoms with Crippen molar-refractivity contribution in [2.75, 3.05) is 52.4 Å². The van der Waals surface area contributed by atoms with Gasteiger partial charge >= 0.3 is 0 Å². The Kier molecular flexibility index (Phi) is 7.34. The molecule has 0 radical (unpaired) electrons. The van der Waals surface area contributed by atoms with E-state index in [0.29, 0.717) is 5.54 Å². The number of aromatic nitrogens is 2. The Hall–Kier alpha value is -2.64. The van der Waals surface area contributed by atoms with E-state index >= 15 is 0 Å². The minimum atomic E-state index is 0.250. The molecule has 0 amide bonds. The average Bonchev–Trinajstić information content (AvgIpc) is 3.91. The zero-order valence-electron chi connectivity index (χ0n) is 21.9. The highest BCUT2D eigenvalue weighted by Crippen LogP contribution is 2.51. The smallest absolute Gasteiger partial charge is 0.0636 e. The van der Waals surface area contributed by atoms with Crippen molar-refractivity contribution in [3.05, 3.63) is 96.1 Å². The molecule has 2 aliphatic carbocycles. The van der Waals surface area contributed by atoms with Gasteiger partial charge in [0.1, 0.15) is 0 Å². The molecule has 2 saturated carbocycles. The first kappa shape index (κ1) is 24.7. The molecule has 6 nitrogen and oxygen atoms in total.